The van der Waals surface area contributed by atoms with E-state index in [1.807, 2.05) is 0 Å². The van der Waals surface area contributed by atoms with Crippen LogP contribution in [0.1, 0.15) is 10.4 Å². The van der Waals surface area contributed by atoms with Crippen LogP contribution in [0.25, 0.3) is 16.9 Å². The fourth-order valence-corrected chi connectivity index (χ4v) is 1.98. The minimum atomic E-state index is -1.08. The first-order valence-corrected chi connectivity index (χ1v) is 5.72. The van der Waals surface area contributed by atoms with Crippen molar-refractivity contribution < 1.29 is 18.7 Å². The van der Waals surface area contributed by atoms with E-state index in [1.165, 1.54) is 35.0 Å². The quantitative estimate of drug-likeness (QED) is 0.781. The predicted molar refractivity (Wildman–Crippen MR) is 67.5 cm³/mol. The van der Waals surface area contributed by atoms with Gasteiger partial charge in [-0.1, -0.05) is 6.07 Å². The van der Waals surface area contributed by atoms with Gasteiger partial charge in [-0.25, -0.2) is 18.6 Å². The number of nitrogens with zero attached hydrogens (tertiary/aromatic N) is 2. The first kappa shape index (κ1) is 12.3. The normalized spacial score (nSPS) is 10.9. The topological polar surface area (TPSA) is 54.6 Å². The highest BCUT2D eigenvalue weighted by Gasteiger charge is 2.15. The molecule has 0 aliphatic carbocycles. The molecular formula is C14H8F2N2O2. The van der Waals surface area contributed by atoms with E-state index in [4.69, 9.17) is 5.11 Å². The monoisotopic (exact) mass is 274 g/mol. The number of halogens is 2. The zero-order chi connectivity index (χ0) is 14.3. The van der Waals surface area contributed by atoms with Gasteiger partial charge < -0.3 is 9.51 Å². The van der Waals surface area contributed by atoms with Crippen LogP contribution in [0.5, 0.6) is 0 Å². The SMILES string of the molecule is O=C(O)c1ccc2nc(-c3c(F)cccc3F)cn2c1. The molecule has 6 heteroatoms. The van der Waals surface area contributed by atoms with Crippen LogP contribution in [0.4, 0.5) is 8.78 Å². The molecule has 2 aromatic heterocycles. The van der Waals surface area contributed by atoms with E-state index in [-0.39, 0.29) is 16.8 Å². The van der Waals surface area contributed by atoms with Crippen LogP contribution in [0.3, 0.4) is 0 Å². The van der Waals surface area contributed by atoms with Crippen molar-refractivity contribution in [3.05, 3.63) is 59.9 Å². The Morgan fingerprint density at radius 2 is 1.80 bits per heavy atom. The second-order valence-corrected chi connectivity index (χ2v) is 4.21. The van der Waals surface area contributed by atoms with E-state index < -0.39 is 17.6 Å². The number of benzene rings is 1. The minimum absolute atomic E-state index is 0.0652. The fourth-order valence-electron chi connectivity index (χ4n) is 1.98. The third kappa shape index (κ3) is 1.91. The molecule has 4 nitrogen and oxygen atoms in total. The Bertz CT molecular complexity index is 807. The number of carbonyl (C=O) groups is 1. The van der Waals surface area contributed by atoms with Gasteiger partial charge in [0.1, 0.15) is 17.3 Å². The number of carboxylic acid groups (broad SMARTS) is 1. The summed E-state index contributed by atoms with van der Waals surface area (Å²) in [7, 11) is 0. The summed E-state index contributed by atoms with van der Waals surface area (Å²) in [4.78, 5) is 15.0. The van der Waals surface area contributed by atoms with Crippen molar-refractivity contribution in [2.24, 2.45) is 0 Å². The molecule has 0 bridgehead atoms. The summed E-state index contributed by atoms with van der Waals surface area (Å²) in [6.45, 7) is 0. The molecule has 0 spiro atoms. The van der Waals surface area contributed by atoms with Crippen LogP contribution in [-0.4, -0.2) is 20.5 Å². The minimum Gasteiger partial charge on any atom is -0.478 e. The van der Waals surface area contributed by atoms with Gasteiger partial charge in [-0.2, -0.15) is 0 Å². The summed E-state index contributed by atoms with van der Waals surface area (Å²) < 4.78 is 28.8. The molecule has 0 saturated carbocycles. The van der Waals surface area contributed by atoms with Gasteiger partial charge in [0.15, 0.2) is 0 Å². The molecule has 3 aromatic rings. The summed E-state index contributed by atoms with van der Waals surface area (Å²) in [5, 5.41) is 8.90. The Morgan fingerprint density at radius 1 is 1.10 bits per heavy atom. The van der Waals surface area contributed by atoms with Gasteiger partial charge in [-0.05, 0) is 24.3 Å². The zero-order valence-corrected chi connectivity index (χ0v) is 10.0. The molecule has 0 amide bonds. The zero-order valence-electron chi connectivity index (χ0n) is 10.0. The van der Waals surface area contributed by atoms with Gasteiger partial charge in [0.2, 0.25) is 0 Å². The molecule has 1 N–H and O–H groups in total. The first-order valence-electron chi connectivity index (χ1n) is 5.72. The summed E-state index contributed by atoms with van der Waals surface area (Å²) in [5.74, 6) is -2.52. The van der Waals surface area contributed by atoms with Gasteiger partial charge in [0.25, 0.3) is 0 Å². The van der Waals surface area contributed by atoms with Gasteiger partial charge in [-0.3, -0.25) is 0 Å². The number of fused-ring (bicyclic) bond motifs is 1. The number of pyridine rings is 1. The molecule has 0 aliphatic rings. The second-order valence-electron chi connectivity index (χ2n) is 4.21. The van der Waals surface area contributed by atoms with Gasteiger partial charge in [-0.15, -0.1) is 0 Å². The molecule has 0 aliphatic heterocycles. The Balaban J connectivity index is 2.21. The molecule has 2 heterocycles. The van der Waals surface area contributed by atoms with Gasteiger partial charge in [0, 0.05) is 12.4 Å². The van der Waals surface area contributed by atoms with Crippen LogP contribution in [-0.2, 0) is 0 Å². The maximum atomic E-state index is 13.7. The average molecular weight is 274 g/mol. The van der Waals surface area contributed by atoms with E-state index >= 15 is 0 Å². The molecule has 0 atom stereocenters. The maximum Gasteiger partial charge on any atom is 0.337 e. The molecule has 0 fully saturated rings. The maximum absolute atomic E-state index is 13.7. The van der Waals surface area contributed by atoms with Crippen LogP contribution in [0.2, 0.25) is 0 Å². The van der Waals surface area contributed by atoms with Crippen molar-refractivity contribution in [1.82, 2.24) is 9.38 Å². The highest BCUT2D eigenvalue weighted by Crippen LogP contribution is 2.25. The summed E-state index contributed by atoms with van der Waals surface area (Å²) in [6, 6.07) is 6.42. The molecule has 0 unspecified atom stereocenters. The smallest absolute Gasteiger partial charge is 0.337 e. The standard InChI is InChI=1S/C14H8F2N2O2/c15-9-2-1-3-10(16)13(9)11-7-18-6-8(14(19)20)4-5-12(18)17-11/h1-7H,(H,19,20). The Labute approximate surface area is 111 Å². The number of hydrogen-bond donors (Lipinski definition) is 1. The molecule has 0 radical (unpaired) electrons. The van der Waals surface area contributed by atoms with Crippen molar-refractivity contribution in [3.63, 3.8) is 0 Å². The third-order valence-corrected chi connectivity index (χ3v) is 2.92. The number of carboxylic acids is 1. The summed E-state index contributed by atoms with van der Waals surface area (Å²) >= 11 is 0. The number of rotatable bonds is 2. The second kappa shape index (κ2) is 4.41. The van der Waals surface area contributed by atoms with Crippen molar-refractivity contribution in [3.8, 4) is 11.3 Å². The summed E-state index contributed by atoms with van der Waals surface area (Å²) in [5.41, 5.74) is 0.360. The van der Waals surface area contributed by atoms with Crippen molar-refractivity contribution in [1.29, 1.82) is 0 Å². The highest BCUT2D eigenvalue weighted by molar-refractivity contribution is 5.87. The Morgan fingerprint density at radius 3 is 2.45 bits per heavy atom. The lowest BCUT2D eigenvalue weighted by atomic mass is 10.1. The first-order chi connectivity index (χ1) is 9.56. The lowest BCUT2D eigenvalue weighted by Gasteiger charge is -1.99. The summed E-state index contributed by atoms with van der Waals surface area (Å²) in [6.07, 6.45) is 2.73. The van der Waals surface area contributed by atoms with E-state index in [0.29, 0.717) is 5.65 Å². The lowest BCUT2D eigenvalue weighted by Crippen LogP contribution is -1.97. The van der Waals surface area contributed by atoms with Crippen molar-refractivity contribution >= 4 is 11.6 Å². The predicted octanol–water partition coefficient (Wildman–Crippen LogP) is 2.98. The van der Waals surface area contributed by atoms with E-state index in [0.717, 1.165) is 12.1 Å². The molecule has 1 aromatic carbocycles. The molecule has 20 heavy (non-hydrogen) atoms. The fraction of sp³-hybridized carbons (Fsp3) is 0. The van der Waals surface area contributed by atoms with Crippen LogP contribution >= 0.6 is 0 Å². The van der Waals surface area contributed by atoms with Gasteiger partial charge in [0.05, 0.1) is 16.8 Å². The lowest BCUT2D eigenvalue weighted by molar-refractivity contribution is 0.0696. The van der Waals surface area contributed by atoms with Crippen molar-refractivity contribution in [2.75, 3.05) is 0 Å². The highest BCUT2D eigenvalue weighted by atomic mass is 19.1. The van der Waals surface area contributed by atoms with Crippen LogP contribution < -0.4 is 0 Å². The molecule has 100 valence electrons. The van der Waals surface area contributed by atoms with E-state index in [2.05, 4.69) is 4.98 Å². The third-order valence-electron chi connectivity index (χ3n) is 2.92. The van der Waals surface area contributed by atoms with E-state index in [9.17, 15) is 13.6 Å². The van der Waals surface area contributed by atoms with Crippen LogP contribution in [0.15, 0.2) is 42.7 Å². The molecule has 3 rings (SSSR count). The Kier molecular flexibility index (Phi) is 2.71. The number of aromatic carboxylic acids is 1. The average Bonchev–Trinajstić information content (AvgIpc) is 2.80. The van der Waals surface area contributed by atoms with Crippen molar-refractivity contribution in [2.45, 2.75) is 0 Å². The molecule has 0 saturated heterocycles. The Hall–Kier alpha value is -2.76. The molecular weight excluding hydrogens is 266 g/mol. The van der Waals surface area contributed by atoms with Crippen LogP contribution in [0, 0.1) is 11.6 Å². The van der Waals surface area contributed by atoms with E-state index in [1.54, 1.807) is 0 Å². The largest absolute Gasteiger partial charge is 0.478 e. The van der Waals surface area contributed by atoms with Gasteiger partial charge >= 0.3 is 5.97 Å². The number of aromatic nitrogens is 2. The number of imidazole rings is 1. The number of hydrogen-bond acceptors (Lipinski definition) is 2.